The van der Waals surface area contributed by atoms with Gasteiger partial charge in [-0.1, -0.05) is 13.3 Å². The Labute approximate surface area is 117 Å². The molecule has 110 valence electrons. The van der Waals surface area contributed by atoms with E-state index < -0.39 is 0 Å². The third-order valence-corrected chi connectivity index (χ3v) is 4.88. The molecule has 2 aliphatic rings. The van der Waals surface area contributed by atoms with Gasteiger partial charge in [-0.25, -0.2) is 0 Å². The van der Waals surface area contributed by atoms with Gasteiger partial charge in [0.1, 0.15) is 0 Å². The molecule has 2 heterocycles. The maximum Gasteiger partial charge on any atom is 0.239 e. The summed E-state index contributed by atoms with van der Waals surface area (Å²) in [6.45, 7) is 6.38. The van der Waals surface area contributed by atoms with Crippen molar-refractivity contribution in [1.29, 1.82) is 0 Å². The van der Waals surface area contributed by atoms with Crippen molar-refractivity contribution in [3.05, 3.63) is 0 Å². The normalized spacial score (nSPS) is 27.7. The van der Waals surface area contributed by atoms with Gasteiger partial charge < -0.3 is 15.5 Å². The van der Waals surface area contributed by atoms with E-state index in [2.05, 4.69) is 18.9 Å². The molecule has 0 radical (unpaired) electrons. The van der Waals surface area contributed by atoms with Gasteiger partial charge in [-0.2, -0.15) is 0 Å². The van der Waals surface area contributed by atoms with Crippen LogP contribution >= 0.6 is 0 Å². The zero-order valence-corrected chi connectivity index (χ0v) is 12.5. The maximum absolute atomic E-state index is 12.2. The molecule has 2 atom stereocenters. The number of likely N-dealkylation sites (tertiary alicyclic amines) is 2. The van der Waals surface area contributed by atoms with Gasteiger partial charge in [0, 0.05) is 13.1 Å². The van der Waals surface area contributed by atoms with Crippen LogP contribution < -0.4 is 5.73 Å². The van der Waals surface area contributed by atoms with Crippen molar-refractivity contribution in [1.82, 2.24) is 9.80 Å². The summed E-state index contributed by atoms with van der Waals surface area (Å²) in [4.78, 5) is 16.6. The number of hydrogen-bond donors (Lipinski definition) is 1. The molecule has 4 heteroatoms. The van der Waals surface area contributed by atoms with Crippen molar-refractivity contribution < 1.29 is 4.79 Å². The van der Waals surface area contributed by atoms with Gasteiger partial charge in [0.05, 0.1) is 6.04 Å². The number of piperidine rings is 1. The number of nitrogens with two attached hydrogens (primary N) is 1. The lowest BCUT2D eigenvalue weighted by Gasteiger charge is -2.32. The quantitative estimate of drug-likeness (QED) is 0.835. The van der Waals surface area contributed by atoms with Crippen molar-refractivity contribution >= 4 is 5.91 Å². The highest BCUT2D eigenvalue weighted by atomic mass is 16.2. The summed E-state index contributed by atoms with van der Waals surface area (Å²) in [6.07, 6.45) is 5.57. The summed E-state index contributed by atoms with van der Waals surface area (Å²) in [5.74, 6) is 1.71. The van der Waals surface area contributed by atoms with Crippen LogP contribution in [-0.2, 0) is 4.79 Å². The molecule has 2 rings (SSSR count). The first-order chi connectivity index (χ1) is 9.11. The van der Waals surface area contributed by atoms with E-state index in [1.807, 2.05) is 4.90 Å². The smallest absolute Gasteiger partial charge is 0.239 e. The molecule has 4 nitrogen and oxygen atoms in total. The molecule has 0 bridgehead atoms. The van der Waals surface area contributed by atoms with Crippen molar-refractivity contribution in [2.75, 3.05) is 33.2 Å². The minimum atomic E-state index is -0.277. The highest BCUT2D eigenvalue weighted by molar-refractivity contribution is 5.81. The molecule has 2 N–H and O–H groups in total. The van der Waals surface area contributed by atoms with Gasteiger partial charge in [0.25, 0.3) is 0 Å². The number of amides is 1. The number of hydrogen-bond acceptors (Lipinski definition) is 3. The summed E-state index contributed by atoms with van der Waals surface area (Å²) in [6, 6.07) is -0.277. The van der Waals surface area contributed by atoms with Gasteiger partial charge in [-0.15, -0.1) is 0 Å². The predicted molar refractivity (Wildman–Crippen MR) is 77.8 cm³/mol. The highest BCUT2D eigenvalue weighted by Crippen LogP contribution is 2.31. The Kier molecular flexibility index (Phi) is 5.22. The molecule has 1 amide bonds. The zero-order chi connectivity index (χ0) is 13.8. The van der Waals surface area contributed by atoms with Crippen LogP contribution in [0.25, 0.3) is 0 Å². The molecular weight excluding hydrogens is 238 g/mol. The van der Waals surface area contributed by atoms with E-state index in [1.165, 1.54) is 32.4 Å². The molecular formula is C15H29N3O. The second kappa shape index (κ2) is 6.71. The van der Waals surface area contributed by atoms with E-state index in [0.29, 0.717) is 5.92 Å². The molecule has 2 saturated heterocycles. The SMILES string of the molecule is CCCC(N)C(=O)N1CCC(C2CCN(C)CC2)C1. The minimum absolute atomic E-state index is 0.178. The van der Waals surface area contributed by atoms with Gasteiger partial charge in [0.2, 0.25) is 5.91 Å². The van der Waals surface area contributed by atoms with Crippen LogP contribution in [-0.4, -0.2) is 55.0 Å². The summed E-state index contributed by atoms with van der Waals surface area (Å²) >= 11 is 0. The monoisotopic (exact) mass is 267 g/mol. The van der Waals surface area contributed by atoms with Gasteiger partial charge in [-0.05, 0) is 57.7 Å². The molecule has 2 unspecified atom stereocenters. The van der Waals surface area contributed by atoms with E-state index in [1.54, 1.807) is 0 Å². The molecule has 0 aromatic rings. The van der Waals surface area contributed by atoms with E-state index in [4.69, 9.17) is 5.73 Å². The Balaban J connectivity index is 1.81. The molecule has 0 saturated carbocycles. The molecule has 2 fully saturated rings. The van der Waals surface area contributed by atoms with E-state index in [9.17, 15) is 4.79 Å². The second-order valence-corrected chi connectivity index (χ2v) is 6.37. The van der Waals surface area contributed by atoms with Crippen molar-refractivity contribution in [3.63, 3.8) is 0 Å². The third-order valence-electron chi connectivity index (χ3n) is 4.88. The maximum atomic E-state index is 12.2. The Morgan fingerprint density at radius 2 is 1.84 bits per heavy atom. The first-order valence-corrected chi connectivity index (χ1v) is 7.84. The van der Waals surface area contributed by atoms with Crippen molar-refractivity contribution in [3.8, 4) is 0 Å². The van der Waals surface area contributed by atoms with E-state index in [0.717, 1.165) is 31.8 Å². The molecule has 19 heavy (non-hydrogen) atoms. The zero-order valence-electron chi connectivity index (χ0n) is 12.5. The molecule has 0 spiro atoms. The number of carbonyl (C=O) groups is 1. The minimum Gasteiger partial charge on any atom is -0.341 e. The summed E-state index contributed by atoms with van der Waals surface area (Å²) in [5, 5.41) is 0. The van der Waals surface area contributed by atoms with Crippen LogP contribution in [0.4, 0.5) is 0 Å². The van der Waals surface area contributed by atoms with Crippen molar-refractivity contribution in [2.45, 2.75) is 45.1 Å². The van der Waals surface area contributed by atoms with Crippen LogP contribution in [0, 0.1) is 11.8 Å². The first kappa shape index (κ1) is 14.8. The fourth-order valence-electron chi connectivity index (χ4n) is 3.54. The Morgan fingerprint density at radius 3 is 2.47 bits per heavy atom. The number of nitrogens with zero attached hydrogens (tertiary/aromatic N) is 2. The summed E-state index contributed by atoms with van der Waals surface area (Å²) < 4.78 is 0. The van der Waals surface area contributed by atoms with Crippen molar-refractivity contribution in [2.24, 2.45) is 17.6 Å². The van der Waals surface area contributed by atoms with Crippen LogP contribution in [0.3, 0.4) is 0 Å². The van der Waals surface area contributed by atoms with Gasteiger partial charge in [0.15, 0.2) is 0 Å². The van der Waals surface area contributed by atoms with Gasteiger partial charge >= 0.3 is 0 Å². The first-order valence-electron chi connectivity index (χ1n) is 7.84. The van der Waals surface area contributed by atoms with Crippen LogP contribution in [0.1, 0.15) is 39.0 Å². The summed E-state index contributed by atoms with van der Waals surface area (Å²) in [5.41, 5.74) is 5.95. The molecule has 2 aliphatic heterocycles. The van der Waals surface area contributed by atoms with Crippen LogP contribution in [0.2, 0.25) is 0 Å². The third kappa shape index (κ3) is 3.69. The molecule has 0 aliphatic carbocycles. The van der Waals surface area contributed by atoms with Gasteiger partial charge in [-0.3, -0.25) is 4.79 Å². The lowest BCUT2D eigenvalue weighted by molar-refractivity contribution is -0.131. The Morgan fingerprint density at radius 1 is 1.21 bits per heavy atom. The predicted octanol–water partition coefficient (Wildman–Crippen LogP) is 1.30. The topological polar surface area (TPSA) is 49.6 Å². The number of rotatable bonds is 4. The average Bonchev–Trinajstić information content (AvgIpc) is 2.88. The fraction of sp³-hybridized carbons (Fsp3) is 0.933. The molecule has 0 aromatic heterocycles. The van der Waals surface area contributed by atoms with E-state index in [-0.39, 0.29) is 11.9 Å². The van der Waals surface area contributed by atoms with Crippen LogP contribution in [0.5, 0.6) is 0 Å². The fourth-order valence-corrected chi connectivity index (χ4v) is 3.54. The second-order valence-electron chi connectivity index (χ2n) is 6.37. The number of carbonyl (C=O) groups excluding carboxylic acids is 1. The Bertz CT molecular complexity index is 300. The highest BCUT2D eigenvalue weighted by Gasteiger charge is 2.34. The average molecular weight is 267 g/mol. The van der Waals surface area contributed by atoms with Crippen LogP contribution in [0.15, 0.2) is 0 Å². The largest absolute Gasteiger partial charge is 0.341 e. The van der Waals surface area contributed by atoms with E-state index >= 15 is 0 Å². The summed E-state index contributed by atoms with van der Waals surface area (Å²) in [7, 11) is 2.20. The standard InChI is InChI=1S/C15H29N3O/c1-3-4-14(16)15(19)18-10-7-13(11-18)12-5-8-17(2)9-6-12/h12-14H,3-11,16H2,1-2H3. The Hall–Kier alpha value is -0.610. The molecule has 0 aromatic carbocycles. The lowest BCUT2D eigenvalue weighted by Crippen LogP contribution is -2.43. The lowest BCUT2D eigenvalue weighted by atomic mass is 9.84.